The second-order valence-electron chi connectivity index (χ2n) is 12.0. The number of likely N-dealkylation sites (tertiary alicyclic amines) is 1. The fourth-order valence-corrected chi connectivity index (χ4v) is 7.38. The van der Waals surface area contributed by atoms with Crippen LogP contribution in [0, 0.1) is 10.8 Å². The van der Waals surface area contributed by atoms with Crippen LogP contribution in [-0.2, 0) is 17.6 Å². The first-order chi connectivity index (χ1) is 17.8. The largest absolute Gasteiger partial charge is 0.486 e. The van der Waals surface area contributed by atoms with Crippen molar-refractivity contribution in [3.63, 3.8) is 0 Å². The minimum Gasteiger partial charge on any atom is -0.486 e. The Balaban J connectivity index is 1.35. The van der Waals surface area contributed by atoms with Crippen LogP contribution < -0.4 is 14.0 Å². The number of pyridine rings is 1. The number of ether oxygens (including phenoxy) is 2. The first kappa shape index (κ1) is 24.3. The number of aromatic nitrogens is 4. The Hall–Kier alpha value is -3.07. The number of nitrogens with zero attached hydrogens (tertiary/aromatic N) is 4. The zero-order chi connectivity index (χ0) is 25.8. The van der Waals surface area contributed by atoms with Crippen LogP contribution in [-0.4, -0.2) is 63.4 Å². The van der Waals surface area contributed by atoms with Crippen molar-refractivity contribution in [1.29, 1.82) is 0 Å². The Morgan fingerprint density at radius 2 is 1.95 bits per heavy atom. The quantitative estimate of drug-likeness (QED) is 0.504. The molecule has 0 amide bonds. The second-order valence-corrected chi connectivity index (χ2v) is 12.0. The van der Waals surface area contributed by atoms with Crippen molar-refractivity contribution < 1.29 is 23.3 Å². The second kappa shape index (κ2) is 9.04. The summed E-state index contributed by atoms with van der Waals surface area (Å²) in [5, 5.41) is 6.80. The number of carbonyl (C=O) groups is 1. The van der Waals surface area contributed by atoms with Gasteiger partial charge in [-0.25, -0.2) is 0 Å². The first-order valence-electron chi connectivity index (χ1n) is 13.6. The molecule has 37 heavy (non-hydrogen) atoms. The summed E-state index contributed by atoms with van der Waals surface area (Å²) in [6, 6.07) is 2.43. The number of hydrogen-bond acceptors (Lipinski definition) is 6. The molecule has 4 heterocycles. The van der Waals surface area contributed by atoms with Gasteiger partial charge in [0.2, 0.25) is 5.69 Å². The molecule has 196 valence electrons. The van der Waals surface area contributed by atoms with Crippen LogP contribution in [0.3, 0.4) is 0 Å². The summed E-state index contributed by atoms with van der Waals surface area (Å²) in [5.74, 6) is 1.45. The summed E-state index contributed by atoms with van der Waals surface area (Å²) in [5.41, 5.74) is 3.25. The molecule has 0 spiro atoms. The highest BCUT2D eigenvalue weighted by molar-refractivity contribution is 6.02. The molecule has 9 nitrogen and oxygen atoms in total. The Labute approximate surface area is 217 Å². The number of nitrogens with one attached hydrogen (secondary N) is 1. The number of H-pyrrole nitrogens is 1. The average molecular weight is 508 g/mol. The van der Waals surface area contributed by atoms with E-state index in [0.29, 0.717) is 31.4 Å². The van der Waals surface area contributed by atoms with Crippen molar-refractivity contribution in [2.45, 2.75) is 76.8 Å². The highest BCUT2D eigenvalue weighted by atomic mass is 16.6. The van der Waals surface area contributed by atoms with Gasteiger partial charge in [-0.2, -0.15) is 0 Å². The molecule has 2 aromatic rings. The third-order valence-electron chi connectivity index (χ3n) is 9.21. The van der Waals surface area contributed by atoms with E-state index >= 15 is 0 Å². The van der Waals surface area contributed by atoms with E-state index in [9.17, 15) is 9.70 Å². The zero-order valence-electron chi connectivity index (χ0n) is 22.0. The number of piperidine rings is 1. The van der Waals surface area contributed by atoms with E-state index in [1.807, 2.05) is 6.07 Å². The van der Waals surface area contributed by atoms with Crippen LogP contribution in [0.25, 0.3) is 6.08 Å². The van der Waals surface area contributed by atoms with Crippen LogP contribution in [0.2, 0.25) is 0 Å². The highest BCUT2D eigenvalue weighted by Gasteiger charge is 2.53. The van der Waals surface area contributed by atoms with Crippen LogP contribution in [0.15, 0.2) is 18.3 Å². The Morgan fingerprint density at radius 1 is 1.14 bits per heavy atom. The smallest absolute Gasteiger partial charge is 0.209 e. The van der Waals surface area contributed by atoms with Gasteiger partial charge in [0, 0.05) is 36.3 Å². The summed E-state index contributed by atoms with van der Waals surface area (Å²) < 4.78 is 13.2. The number of aromatic amines is 1. The highest BCUT2D eigenvalue weighted by Crippen LogP contribution is 2.45. The lowest BCUT2D eigenvalue weighted by Crippen LogP contribution is -2.69. The third-order valence-corrected chi connectivity index (χ3v) is 9.21. The van der Waals surface area contributed by atoms with E-state index in [2.05, 4.69) is 31.1 Å². The molecule has 3 unspecified atom stereocenters. The molecule has 6 rings (SSSR count). The molecule has 9 heteroatoms. The minimum atomic E-state index is -0.307. The average Bonchev–Trinajstić information content (AvgIpc) is 2.88. The standard InChI is InChI=1S/C28H36N5O4/c1-28(2,3)33(11-5-4-6-20(33)14-19-15-24-25(16-29-19)37-13-12-36-24)17-18-7-9-22-27-21(30-31-32(22)35)8-10-23(34)26(18)27/h8,10,15-16,18,20,26H,4-7,9,11-14,17H2,1-3H3/q+1/p+1/t18-,20?,26?,33?/m0/s1. The zero-order valence-corrected chi connectivity index (χ0v) is 22.0. The number of hydrogen-bond donors (Lipinski definition) is 1. The van der Waals surface area contributed by atoms with Gasteiger partial charge in [-0.05, 0) is 62.3 Å². The van der Waals surface area contributed by atoms with Crippen LogP contribution >= 0.6 is 0 Å². The lowest BCUT2D eigenvalue weighted by atomic mass is 9.70. The monoisotopic (exact) mass is 507 g/mol. The van der Waals surface area contributed by atoms with Crippen molar-refractivity contribution >= 4 is 11.9 Å². The van der Waals surface area contributed by atoms with Crippen molar-refractivity contribution in [2.24, 2.45) is 5.92 Å². The van der Waals surface area contributed by atoms with Crippen molar-refractivity contribution in [3.8, 4) is 11.5 Å². The third kappa shape index (κ3) is 4.07. The van der Waals surface area contributed by atoms with Crippen molar-refractivity contribution in [2.75, 3.05) is 26.3 Å². The Morgan fingerprint density at radius 3 is 2.76 bits per heavy atom. The molecule has 0 radical (unpaired) electrons. The lowest BCUT2D eigenvalue weighted by molar-refractivity contribution is -0.999. The fourth-order valence-electron chi connectivity index (χ4n) is 7.38. The molecule has 4 atom stereocenters. The van der Waals surface area contributed by atoms with Crippen LogP contribution in [0.4, 0.5) is 0 Å². The van der Waals surface area contributed by atoms with Crippen molar-refractivity contribution in [1.82, 2.24) is 15.3 Å². The molecule has 4 aliphatic rings. The van der Waals surface area contributed by atoms with E-state index in [1.165, 1.54) is 12.8 Å². The van der Waals surface area contributed by atoms with Gasteiger partial charge in [0.1, 0.15) is 13.2 Å². The van der Waals surface area contributed by atoms with Gasteiger partial charge in [0.15, 0.2) is 23.0 Å². The molecule has 0 bridgehead atoms. The molecule has 2 aliphatic carbocycles. The van der Waals surface area contributed by atoms with E-state index in [-0.39, 0.29) is 23.2 Å². The van der Waals surface area contributed by atoms with E-state index in [4.69, 9.17) is 14.5 Å². The molecular formula is C28H37N5O4+2. The van der Waals surface area contributed by atoms with Gasteiger partial charge >= 0.3 is 0 Å². The summed E-state index contributed by atoms with van der Waals surface area (Å²) in [6.07, 6.45) is 11.0. The van der Waals surface area contributed by atoms with Gasteiger partial charge in [0.05, 0.1) is 52.6 Å². The fraction of sp³-hybridized carbons (Fsp3) is 0.607. The maximum Gasteiger partial charge on any atom is 0.209 e. The Bertz CT molecular complexity index is 1310. The lowest BCUT2D eigenvalue weighted by Gasteiger charge is -2.58. The normalized spacial score (nSPS) is 28.6. The number of ketones is 1. The molecule has 2 aliphatic heterocycles. The maximum atomic E-state index is 13.3. The molecule has 2 aromatic heterocycles. The molecule has 0 saturated carbocycles. The number of rotatable bonds is 4. The van der Waals surface area contributed by atoms with Gasteiger partial charge in [-0.3, -0.25) is 9.78 Å². The van der Waals surface area contributed by atoms with E-state index in [0.717, 1.165) is 69.8 Å². The summed E-state index contributed by atoms with van der Waals surface area (Å²) in [6.45, 7) is 10.1. The summed E-state index contributed by atoms with van der Waals surface area (Å²) in [4.78, 5) is 30.6. The molecule has 0 aromatic carbocycles. The maximum absolute atomic E-state index is 13.3. The molecule has 1 fully saturated rings. The molecule has 1 saturated heterocycles. The number of quaternary nitrogens is 1. The van der Waals surface area contributed by atoms with Crippen LogP contribution in [0.5, 0.6) is 11.5 Å². The SMILES string of the molecule is CC(C)(C)[N+]1(C[C@@H]2CCc3c4c(n[nH][n+]3=O)C=CC(=O)C42)CCCCC1Cc1cc2c(cn1)OCCO2. The molecule has 1 N–H and O–H groups in total. The van der Waals surface area contributed by atoms with Gasteiger partial charge in [0.25, 0.3) is 0 Å². The van der Waals surface area contributed by atoms with Gasteiger partial charge in [-0.15, -0.1) is 0 Å². The number of allylic oxidation sites excluding steroid dienone is 1. The Kier molecular flexibility index (Phi) is 5.93. The summed E-state index contributed by atoms with van der Waals surface area (Å²) in [7, 11) is 0. The summed E-state index contributed by atoms with van der Waals surface area (Å²) >= 11 is 0. The minimum absolute atomic E-state index is 0.0171. The predicted octanol–water partition coefficient (Wildman–Crippen LogP) is 3.14. The van der Waals surface area contributed by atoms with E-state index < -0.39 is 0 Å². The molecular weight excluding hydrogens is 470 g/mol. The van der Waals surface area contributed by atoms with E-state index in [1.54, 1.807) is 18.3 Å². The topological polar surface area (TPSA) is 100 Å². The van der Waals surface area contributed by atoms with Gasteiger partial charge in [-0.1, -0.05) is 0 Å². The first-order valence-corrected chi connectivity index (χ1v) is 13.6. The van der Waals surface area contributed by atoms with Crippen molar-refractivity contribution in [3.05, 3.63) is 45.9 Å². The predicted molar refractivity (Wildman–Crippen MR) is 137 cm³/mol. The number of carbonyl (C=O) groups excluding carboxylic acids is 1. The van der Waals surface area contributed by atoms with Gasteiger partial charge < -0.3 is 14.0 Å². The van der Waals surface area contributed by atoms with Crippen LogP contribution in [0.1, 0.15) is 75.0 Å². The number of fused-ring (bicyclic) bond motifs is 1.